The molecule has 0 bridgehead atoms. The molecule has 1 atom stereocenters. The monoisotopic (exact) mass is 288 g/mol. The molecule has 0 fully saturated rings. The maximum atomic E-state index is 11.0. The Labute approximate surface area is 124 Å². The van der Waals surface area contributed by atoms with Crippen LogP contribution in [0.15, 0.2) is 48.7 Å². The third-order valence-electron chi connectivity index (χ3n) is 3.12. The zero-order valence-electron chi connectivity index (χ0n) is 11.3. The normalized spacial score (nSPS) is 11.9. The van der Waals surface area contributed by atoms with Crippen LogP contribution in [0.2, 0.25) is 5.02 Å². The fraction of sp³-hybridized carbons (Fsp3) is 0.250. The molecule has 0 saturated heterocycles. The molecule has 104 valence electrons. The minimum Gasteiger partial charge on any atom is -0.356 e. The van der Waals surface area contributed by atoms with Crippen LogP contribution in [-0.2, 0) is 4.79 Å². The predicted octanol–water partition coefficient (Wildman–Crippen LogP) is 3.39. The second-order valence-corrected chi connectivity index (χ2v) is 5.07. The first kappa shape index (κ1) is 14.5. The standard InChI is InChI=1S/C16H17ClN2O/c1-12(20)18-11-9-15(16-4-2-3-10-19-16)13-5-7-14(17)8-6-13/h2-8,10,15H,9,11H2,1H3,(H,18,20). The molecular formula is C16H17ClN2O. The fourth-order valence-corrected chi connectivity index (χ4v) is 2.28. The molecule has 1 amide bonds. The molecule has 2 rings (SSSR count). The second-order valence-electron chi connectivity index (χ2n) is 4.63. The van der Waals surface area contributed by atoms with Crippen molar-refractivity contribution in [2.45, 2.75) is 19.3 Å². The van der Waals surface area contributed by atoms with Gasteiger partial charge in [0.25, 0.3) is 0 Å². The Balaban J connectivity index is 2.20. The summed E-state index contributed by atoms with van der Waals surface area (Å²) in [5, 5.41) is 3.55. The minimum atomic E-state index is -0.0131. The van der Waals surface area contributed by atoms with Crippen LogP contribution in [0.3, 0.4) is 0 Å². The molecule has 0 aliphatic rings. The minimum absolute atomic E-state index is 0.0131. The molecular weight excluding hydrogens is 272 g/mol. The summed E-state index contributed by atoms with van der Waals surface area (Å²) in [6.07, 6.45) is 2.59. The van der Waals surface area contributed by atoms with Crippen molar-refractivity contribution in [1.82, 2.24) is 10.3 Å². The average Bonchev–Trinajstić information content (AvgIpc) is 2.46. The zero-order valence-corrected chi connectivity index (χ0v) is 12.1. The highest BCUT2D eigenvalue weighted by Crippen LogP contribution is 2.27. The van der Waals surface area contributed by atoms with Gasteiger partial charge in [-0.05, 0) is 36.2 Å². The van der Waals surface area contributed by atoms with Crippen molar-refractivity contribution < 1.29 is 4.79 Å². The number of halogens is 1. The van der Waals surface area contributed by atoms with Crippen molar-refractivity contribution in [3.8, 4) is 0 Å². The Morgan fingerprint density at radius 3 is 2.60 bits per heavy atom. The third kappa shape index (κ3) is 4.07. The maximum absolute atomic E-state index is 11.0. The van der Waals surface area contributed by atoms with E-state index in [0.717, 1.165) is 22.7 Å². The highest BCUT2D eigenvalue weighted by atomic mass is 35.5. The van der Waals surface area contributed by atoms with Gasteiger partial charge in [-0.2, -0.15) is 0 Å². The molecule has 3 nitrogen and oxygen atoms in total. The summed E-state index contributed by atoms with van der Waals surface area (Å²) in [5.41, 5.74) is 2.15. The van der Waals surface area contributed by atoms with Gasteiger partial charge in [0.05, 0.1) is 0 Å². The SMILES string of the molecule is CC(=O)NCCC(c1ccc(Cl)cc1)c1ccccn1. The van der Waals surface area contributed by atoms with Gasteiger partial charge in [0.15, 0.2) is 0 Å². The molecule has 1 aromatic heterocycles. The molecule has 0 spiro atoms. The first-order chi connectivity index (χ1) is 9.66. The lowest BCUT2D eigenvalue weighted by Gasteiger charge is -2.17. The van der Waals surface area contributed by atoms with Gasteiger partial charge in [0.1, 0.15) is 0 Å². The lowest BCUT2D eigenvalue weighted by molar-refractivity contribution is -0.118. The lowest BCUT2D eigenvalue weighted by atomic mass is 9.92. The molecule has 1 N–H and O–H groups in total. The molecule has 0 radical (unpaired) electrons. The van der Waals surface area contributed by atoms with Gasteiger partial charge in [0, 0.05) is 36.3 Å². The summed E-state index contributed by atoms with van der Waals surface area (Å²) >= 11 is 5.94. The summed E-state index contributed by atoms with van der Waals surface area (Å²) in [5.74, 6) is 0.140. The number of carbonyl (C=O) groups excluding carboxylic acids is 1. The maximum Gasteiger partial charge on any atom is 0.216 e. The zero-order chi connectivity index (χ0) is 14.4. The van der Waals surface area contributed by atoms with E-state index in [1.807, 2.05) is 42.5 Å². The quantitative estimate of drug-likeness (QED) is 0.916. The number of amides is 1. The van der Waals surface area contributed by atoms with Crippen molar-refractivity contribution in [3.63, 3.8) is 0 Å². The highest BCUT2D eigenvalue weighted by Gasteiger charge is 2.15. The van der Waals surface area contributed by atoms with Crippen molar-refractivity contribution in [2.75, 3.05) is 6.54 Å². The number of aromatic nitrogens is 1. The Kier molecular flexibility index (Phi) is 5.13. The first-order valence-corrected chi connectivity index (χ1v) is 6.95. The van der Waals surface area contributed by atoms with E-state index in [2.05, 4.69) is 10.3 Å². The number of nitrogens with zero attached hydrogens (tertiary/aromatic N) is 1. The summed E-state index contributed by atoms with van der Waals surface area (Å²) in [6, 6.07) is 13.7. The van der Waals surface area contributed by atoms with Crippen molar-refractivity contribution in [2.24, 2.45) is 0 Å². The Morgan fingerprint density at radius 2 is 2.00 bits per heavy atom. The van der Waals surface area contributed by atoms with Crippen LogP contribution in [0.5, 0.6) is 0 Å². The summed E-state index contributed by atoms with van der Waals surface area (Å²) in [6.45, 7) is 2.15. The van der Waals surface area contributed by atoms with E-state index in [1.165, 1.54) is 6.92 Å². The Morgan fingerprint density at radius 1 is 1.25 bits per heavy atom. The smallest absolute Gasteiger partial charge is 0.216 e. The number of hydrogen-bond donors (Lipinski definition) is 1. The van der Waals surface area contributed by atoms with Crippen LogP contribution in [0.25, 0.3) is 0 Å². The van der Waals surface area contributed by atoms with E-state index < -0.39 is 0 Å². The van der Waals surface area contributed by atoms with Crippen molar-refractivity contribution in [3.05, 3.63) is 64.9 Å². The second kappa shape index (κ2) is 7.06. The van der Waals surface area contributed by atoms with Gasteiger partial charge >= 0.3 is 0 Å². The molecule has 0 aliphatic heterocycles. The number of benzene rings is 1. The average molecular weight is 289 g/mol. The topological polar surface area (TPSA) is 42.0 Å². The van der Waals surface area contributed by atoms with E-state index >= 15 is 0 Å². The van der Waals surface area contributed by atoms with E-state index in [0.29, 0.717) is 6.54 Å². The molecule has 1 unspecified atom stereocenters. The van der Waals surface area contributed by atoms with Crippen molar-refractivity contribution >= 4 is 17.5 Å². The summed E-state index contributed by atoms with van der Waals surface area (Å²) in [4.78, 5) is 15.4. The Bertz CT molecular complexity index is 554. The van der Waals surface area contributed by atoms with Gasteiger partial charge in [-0.15, -0.1) is 0 Å². The van der Waals surface area contributed by atoms with Crippen LogP contribution in [0.4, 0.5) is 0 Å². The van der Waals surface area contributed by atoms with Crippen LogP contribution < -0.4 is 5.32 Å². The van der Waals surface area contributed by atoms with Gasteiger partial charge < -0.3 is 5.32 Å². The van der Waals surface area contributed by atoms with Gasteiger partial charge in [-0.1, -0.05) is 29.8 Å². The number of nitrogens with one attached hydrogen (secondary N) is 1. The lowest BCUT2D eigenvalue weighted by Crippen LogP contribution is -2.23. The summed E-state index contributed by atoms with van der Waals surface area (Å²) < 4.78 is 0. The molecule has 4 heteroatoms. The molecule has 20 heavy (non-hydrogen) atoms. The van der Waals surface area contributed by atoms with E-state index in [9.17, 15) is 4.79 Å². The molecule has 0 saturated carbocycles. The van der Waals surface area contributed by atoms with Crippen molar-refractivity contribution in [1.29, 1.82) is 0 Å². The molecule has 2 aromatic rings. The van der Waals surface area contributed by atoms with E-state index in [1.54, 1.807) is 6.20 Å². The first-order valence-electron chi connectivity index (χ1n) is 6.57. The highest BCUT2D eigenvalue weighted by molar-refractivity contribution is 6.30. The van der Waals surface area contributed by atoms with Crippen LogP contribution in [0.1, 0.15) is 30.5 Å². The van der Waals surface area contributed by atoms with Crippen LogP contribution in [-0.4, -0.2) is 17.4 Å². The van der Waals surface area contributed by atoms with E-state index in [4.69, 9.17) is 11.6 Å². The Hall–Kier alpha value is -1.87. The molecule has 1 aromatic carbocycles. The van der Waals surface area contributed by atoms with E-state index in [-0.39, 0.29) is 11.8 Å². The summed E-state index contributed by atoms with van der Waals surface area (Å²) in [7, 11) is 0. The van der Waals surface area contributed by atoms with Gasteiger partial charge in [-0.25, -0.2) is 0 Å². The number of carbonyl (C=O) groups is 1. The molecule has 0 aliphatic carbocycles. The van der Waals surface area contributed by atoms with Crippen LogP contribution in [0, 0.1) is 0 Å². The largest absolute Gasteiger partial charge is 0.356 e. The number of hydrogen-bond acceptors (Lipinski definition) is 2. The number of pyridine rings is 1. The molecule has 1 heterocycles. The number of rotatable bonds is 5. The predicted molar refractivity (Wildman–Crippen MR) is 80.8 cm³/mol. The van der Waals surface area contributed by atoms with Crippen LogP contribution >= 0.6 is 11.6 Å². The third-order valence-corrected chi connectivity index (χ3v) is 3.38. The fourth-order valence-electron chi connectivity index (χ4n) is 2.16. The van der Waals surface area contributed by atoms with Gasteiger partial charge in [0.2, 0.25) is 5.91 Å². The van der Waals surface area contributed by atoms with Gasteiger partial charge in [-0.3, -0.25) is 9.78 Å².